The molecule has 34 heavy (non-hydrogen) atoms. The fourth-order valence-electron chi connectivity index (χ4n) is 3.93. The molecular weight excluding hydrogens is 455 g/mol. The number of rotatable bonds is 7. The number of nitrogens with zero attached hydrogens (tertiary/aromatic N) is 3. The van der Waals surface area contributed by atoms with Crippen LogP contribution < -0.4 is 10.2 Å². The fourth-order valence-corrected chi connectivity index (χ4v) is 5.15. The molecule has 0 fully saturated rings. The molecule has 1 amide bonds. The summed E-state index contributed by atoms with van der Waals surface area (Å²) in [5, 5.41) is 2.99. The van der Waals surface area contributed by atoms with E-state index in [1.54, 1.807) is 0 Å². The molecule has 7 nitrogen and oxygen atoms in total. The number of nitrogens with one attached hydrogen (secondary N) is 1. The molecular formula is C25H27FN4O3S. The van der Waals surface area contributed by atoms with Crippen molar-refractivity contribution in [3.63, 3.8) is 0 Å². The summed E-state index contributed by atoms with van der Waals surface area (Å²) < 4.78 is 45.0. The maximum atomic E-state index is 13.8. The number of anilines is 1. The van der Waals surface area contributed by atoms with Crippen LogP contribution >= 0.6 is 0 Å². The topological polar surface area (TPSA) is 83.8 Å². The summed E-state index contributed by atoms with van der Waals surface area (Å²) in [5.74, 6) is -0.488. The highest BCUT2D eigenvalue weighted by Gasteiger charge is 2.35. The van der Waals surface area contributed by atoms with Gasteiger partial charge in [-0.05, 0) is 42.5 Å². The number of fused-ring (bicyclic) bond motifs is 1. The molecule has 0 bridgehead atoms. The third-order valence-electron chi connectivity index (χ3n) is 5.74. The molecule has 0 radical (unpaired) electrons. The number of halogens is 1. The first-order valence-electron chi connectivity index (χ1n) is 10.9. The molecule has 3 aromatic rings. The van der Waals surface area contributed by atoms with Crippen LogP contribution in [0.25, 0.3) is 0 Å². The second kappa shape index (κ2) is 9.06. The van der Waals surface area contributed by atoms with E-state index in [1.165, 1.54) is 12.1 Å². The number of benzene rings is 2. The van der Waals surface area contributed by atoms with Crippen LogP contribution in [0.3, 0.4) is 0 Å². The minimum atomic E-state index is -4.01. The first kappa shape index (κ1) is 23.7. The predicted octanol–water partition coefficient (Wildman–Crippen LogP) is 3.50. The molecule has 0 saturated heterocycles. The second-order valence-corrected chi connectivity index (χ2v) is 10.8. The van der Waals surface area contributed by atoms with E-state index in [2.05, 4.69) is 9.71 Å². The zero-order chi connectivity index (χ0) is 24.5. The fraction of sp³-hybridized carbons (Fsp3) is 0.280. The molecule has 2 heterocycles. The second-order valence-electron chi connectivity index (χ2n) is 9.18. The number of hydrogen-bond donors (Lipinski definition) is 1. The highest BCUT2D eigenvalue weighted by molar-refractivity contribution is 7.90. The van der Waals surface area contributed by atoms with E-state index in [9.17, 15) is 17.6 Å². The summed E-state index contributed by atoms with van der Waals surface area (Å²) in [6.45, 7) is 4.71. The summed E-state index contributed by atoms with van der Waals surface area (Å²) in [6.07, 6.45) is 2.16. The number of aromatic nitrogens is 1. The molecule has 1 N–H and O–H groups in total. The van der Waals surface area contributed by atoms with Crippen LogP contribution in [0.2, 0.25) is 0 Å². The lowest BCUT2D eigenvalue weighted by Gasteiger charge is -2.34. The van der Waals surface area contributed by atoms with Gasteiger partial charge in [-0.25, -0.2) is 4.39 Å². The van der Waals surface area contributed by atoms with E-state index in [0.717, 1.165) is 17.4 Å². The lowest BCUT2D eigenvalue weighted by atomic mass is 9.91. The van der Waals surface area contributed by atoms with Gasteiger partial charge in [-0.1, -0.05) is 32.0 Å². The van der Waals surface area contributed by atoms with Gasteiger partial charge in [0, 0.05) is 48.7 Å². The molecule has 0 aliphatic carbocycles. The number of amidine groups is 1. The lowest BCUT2D eigenvalue weighted by Crippen LogP contribution is -2.45. The number of hydrogen-bond acceptors (Lipinski definition) is 4. The Morgan fingerprint density at radius 1 is 1.12 bits per heavy atom. The third kappa shape index (κ3) is 5.04. The Morgan fingerprint density at radius 3 is 2.53 bits per heavy atom. The van der Waals surface area contributed by atoms with Crippen molar-refractivity contribution in [1.29, 1.82) is 0 Å². The van der Waals surface area contributed by atoms with Crippen LogP contribution in [0.5, 0.6) is 0 Å². The van der Waals surface area contributed by atoms with E-state index < -0.39 is 21.3 Å². The van der Waals surface area contributed by atoms with Crippen molar-refractivity contribution >= 4 is 27.5 Å². The lowest BCUT2D eigenvalue weighted by molar-refractivity contribution is -0.120. The molecule has 0 atom stereocenters. The van der Waals surface area contributed by atoms with Crippen LogP contribution in [0.4, 0.5) is 10.1 Å². The van der Waals surface area contributed by atoms with E-state index >= 15 is 0 Å². The van der Waals surface area contributed by atoms with Crippen LogP contribution in [-0.2, 0) is 28.3 Å². The summed E-state index contributed by atoms with van der Waals surface area (Å²) in [4.78, 5) is 14.2. The Kier molecular flexibility index (Phi) is 6.31. The molecule has 1 aliphatic rings. The Balaban J connectivity index is 1.58. The Labute approximate surface area is 199 Å². The molecule has 4 rings (SSSR count). The van der Waals surface area contributed by atoms with Crippen molar-refractivity contribution in [2.45, 2.75) is 25.2 Å². The number of sulfonamides is 1. The first-order chi connectivity index (χ1) is 16.1. The minimum absolute atomic E-state index is 0.0947. The van der Waals surface area contributed by atoms with Crippen LogP contribution in [0.15, 0.2) is 76.2 Å². The molecule has 2 aromatic carbocycles. The largest absolute Gasteiger partial charge is 0.355 e. The summed E-state index contributed by atoms with van der Waals surface area (Å²) in [5.41, 5.74) is 1.57. The summed E-state index contributed by atoms with van der Waals surface area (Å²) in [6, 6.07) is 16.8. The zero-order valence-corrected chi connectivity index (χ0v) is 20.1. The average molecular weight is 483 g/mol. The Bertz CT molecular complexity index is 1350. The van der Waals surface area contributed by atoms with E-state index in [4.69, 9.17) is 0 Å². The van der Waals surface area contributed by atoms with Gasteiger partial charge in [0.25, 0.3) is 10.0 Å². The van der Waals surface area contributed by atoms with Gasteiger partial charge in [-0.15, -0.1) is 4.40 Å². The molecule has 178 valence electrons. The standard InChI is InChI=1S/C25H27FN4O3S/c1-25(2,16-27-23(31)15-20-10-7-13-29(20)3)17-30(19-8-5-4-6-9-19)24-21-12-11-18(26)14-22(21)34(32,33)28-24/h4-14H,15-17H2,1-3H3,(H,27,31). The predicted molar refractivity (Wildman–Crippen MR) is 130 cm³/mol. The van der Waals surface area contributed by atoms with Gasteiger partial charge in [-0.2, -0.15) is 8.42 Å². The zero-order valence-electron chi connectivity index (χ0n) is 19.3. The van der Waals surface area contributed by atoms with Crippen molar-refractivity contribution in [3.8, 4) is 0 Å². The Hall–Kier alpha value is -3.46. The summed E-state index contributed by atoms with van der Waals surface area (Å²) >= 11 is 0. The van der Waals surface area contributed by atoms with Gasteiger partial charge < -0.3 is 14.8 Å². The quantitative estimate of drug-likeness (QED) is 0.559. The average Bonchev–Trinajstić information content (AvgIpc) is 3.31. The number of para-hydroxylation sites is 1. The highest BCUT2D eigenvalue weighted by atomic mass is 32.2. The number of carbonyl (C=O) groups excluding carboxylic acids is 1. The number of carbonyl (C=O) groups is 1. The highest BCUT2D eigenvalue weighted by Crippen LogP contribution is 2.32. The van der Waals surface area contributed by atoms with Crippen LogP contribution in [-0.4, -0.2) is 37.8 Å². The molecule has 9 heteroatoms. The number of amides is 1. The molecule has 1 aromatic heterocycles. The van der Waals surface area contributed by atoms with Gasteiger partial charge >= 0.3 is 0 Å². The molecule has 0 spiro atoms. The number of aryl methyl sites for hydroxylation is 1. The minimum Gasteiger partial charge on any atom is -0.355 e. The van der Waals surface area contributed by atoms with E-state index in [-0.39, 0.29) is 23.1 Å². The van der Waals surface area contributed by atoms with Gasteiger partial charge in [0.15, 0.2) is 5.84 Å². The summed E-state index contributed by atoms with van der Waals surface area (Å²) in [7, 11) is -2.12. The molecule has 0 saturated carbocycles. The Morgan fingerprint density at radius 2 is 1.85 bits per heavy atom. The van der Waals surface area contributed by atoms with Crippen molar-refractivity contribution in [2.75, 3.05) is 18.0 Å². The van der Waals surface area contributed by atoms with Crippen molar-refractivity contribution in [3.05, 3.63) is 83.9 Å². The van der Waals surface area contributed by atoms with Crippen molar-refractivity contribution in [2.24, 2.45) is 16.9 Å². The third-order valence-corrected chi connectivity index (χ3v) is 7.04. The monoisotopic (exact) mass is 482 g/mol. The van der Waals surface area contributed by atoms with Gasteiger partial charge in [0.2, 0.25) is 5.91 Å². The maximum Gasteiger partial charge on any atom is 0.285 e. The smallest absolute Gasteiger partial charge is 0.285 e. The normalized spacial score (nSPS) is 14.4. The molecule has 1 aliphatic heterocycles. The van der Waals surface area contributed by atoms with E-state index in [1.807, 2.05) is 79.0 Å². The van der Waals surface area contributed by atoms with Crippen molar-refractivity contribution in [1.82, 2.24) is 9.88 Å². The van der Waals surface area contributed by atoms with Crippen LogP contribution in [0.1, 0.15) is 25.1 Å². The van der Waals surface area contributed by atoms with Gasteiger partial charge in [-0.3, -0.25) is 4.79 Å². The SMILES string of the molecule is Cn1cccc1CC(=O)NCC(C)(C)CN(C1=NS(=O)(=O)c2cc(F)ccc21)c1ccccc1. The van der Waals surface area contributed by atoms with Crippen molar-refractivity contribution < 1.29 is 17.6 Å². The molecule has 0 unspecified atom stereocenters. The van der Waals surface area contributed by atoms with E-state index in [0.29, 0.717) is 18.7 Å². The van der Waals surface area contributed by atoms with Gasteiger partial charge in [0.1, 0.15) is 10.7 Å². The maximum absolute atomic E-state index is 13.8. The first-order valence-corrected chi connectivity index (χ1v) is 12.3. The van der Waals surface area contributed by atoms with Gasteiger partial charge in [0.05, 0.1) is 6.42 Å². The van der Waals surface area contributed by atoms with Crippen LogP contribution in [0, 0.1) is 11.2 Å².